The van der Waals surface area contributed by atoms with E-state index in [9.17, 15) is 13.2 Å². The highest BCUT2D eigenvalue weighted by atomic mass is 19.4. The molecule has 1 fully saturated rings. The van der Waals surface area contributed by atoms with Gasteiger partial charge in [0.1, 0.15) is 12.1 Å². The maximum atomic E-state index is 12.2. The molecule has 1 heterocycles. The van der Waals surface area contributed by atoms with E-state index in [2.05, 4.69) is 26.7 Å². The Kier molecular flexibility index (Phi) is 5.42. The van der Waals surface area contributed by atoms with Crippen molar-refractivity contribution in [2.45, 2.75) is 57.3 Å². The summed E-state index contributed by atoms with van der Waals surface area (Å²) in [5.74, 6) is 0.835. The molecular weight excluding hydrogens is 329 g/mol. The fourth-order valence-electron chi connectivity index (χ4n) is 3.34. The Bertz CT molecular complexity index is 709. The Morgan fingerprint density at radius 1 is 1.08 bits per heavy atom. The monoisotopic (exact) mass is 352 g/mol. The summed E-state index contributed by atoms with van der Waals surface area (Å²) in [5.41, 5.74) is 2.06. The van der Waals surface area contributed by atoms with E-state index in [1.165, 1.54) is 0 Å². The van der Waals surface area contributed by atoms with Crippen LogP contribution in [0.4, 0.5) is 19.0 Å². The molecule has 0 aliphatic heterocycles. The fourth-order valence-corrected chi connectivity index (χ4v) is 3.34. The van der Waals surface area contributed by atoms with Crippen molar-refractivity contribution >= 4 is 16.7 Å². The molecule has 4 nitrogen and oxygen atoms in total. The highest BCUT2D eigenvalue weighted by Gasteiger charge is 2.27. The molecule has 1 aromatic carbocycles. The predicted molar refractivity (Wildman–Crippen MR) is 92.6 cm³/mol. The summed E-state index contributed by atoms with van der Waals surface area (Å²) in [6.07, 6.45) is 0.289. The molecule has 1 aliphatic carbocycles. The molecule has 25 heavy (non-hydrogen) atoms. The average molecular weight is 352 g/mol. The van der Waals surface area contributed by atoms with Gasteiger partial charge in [-0.25, -0.2) is 9.97 Å². The lowest BCUT2D eigenvalue weighted by atomic mass is 9.91. The van der Waals surface area contributed by atoms with Crippen molar-refractivity contribution in [3.05, 3.63) is 30.1 Å². The molecule has 0 bridgehead atoms. The Labute approximate surface area is 145 Å². The van der Waals surface area contributed by atoms with Crippen molar-refractivity contribution in [1.82, 2.24) is 15.3 Å². The van der Waals surface area contributed by atoms with Gasteiger partial charge in [0.25, 0.3) is 0 Å². The zero-order chi connectivity index (χ0) is 17.9. The maximum Gasteiger partial charge on any atom is 0.390 e. The van der Waals surface area contributed by atoms with Gasteiger partial charge >= 0.3 is 6.18 Å². The van der Waals surface area contributed by atoms with E-state index in [0.29, 0.717) is 6.04 Å². The fraction of sp³-hybridized carbons (Fsp3) is 0.556. The largest absolute Gasteiger partial charge is 0.390 e. The number of aryl methyl sites for hydroxylation is 1. The number of nitrogens with zero attached hydrogens (tertiary/aromatic N) is 2. The molecule has 0 spiro atoms. The third-order valence-corrected chi connectivity index (χ3v) is 4.70. The van der Waals surface area contributed by atoms with Crippen molar-refractivity contribution < 1.29 is 13.2 Å². The van der Waals surface area contributed by atoms with Crippen molar-refractivity contribution in [3.8, 4) is 0 Å². The van der Waals surface area contributed by atoms with Gasteiger partial charge in [0.15, 0.2) is 0 Å². The van der Waals surface area contributed by atoms with E-state index >= 15 is 0 Å². The van der Waals surface area contributed by atoms with Crippen molar-refractivity contribution in [1.29, 1.82) is 0 Å². The van der Waals surface area contributed by atoms with Crippen molar-refractivity contribution in [3.63, 3.8) is 0 Å². The van der Waals surface area contributed by atoms with Crippen LogP contribution in [0.3, 0.4) is 0 Å². The minimum atomic E-state index is -4.09. The Morgan fingerprint density at radius 3 is 2.52 bits per heavy atom. The summed E-state index contributed by atoms with van der Waals surface area (Å²) in [6.45, 7) is 2.04. The van der Waals surface area contributed by atoms with E-state index in [4.69, 9.17) is 0 Å². The summed E-state index contributed by atoms with van der Waals surface area (Å²) in [5, 5.41) is 7.53. The van der Waals surface area contributed by atoms with Crippen LogP contribution in [0.25, 0.3) is 10.9 Å². The van der Waals surface area contributed by atoms with Crippen LogP contribution >= 0.6 is 0 Å². The second-order valence-corrected chi connectivity index (χ2v) is 6.76. The standard InChI is InChI=1S/C18H23F3N4/c1-12-2-7-16-15(10-12)17(24-11-23-16)25-14-5-3-13(4-6-14)22-9-8-18(19,20)21/h2,7,10-11,13-14,22H,3-6,8-9H2,1H3,(H,23,24,25)/t13-,14-. The summed E-state index contributed by atoms with van der Waals surface area (Å²) in [6, 6.07) is 6.54. The molecule has 0 atom stereocenters. The molecule has 0 saturated heterocycles. The number of alkyl halides is 3. The molecule has 2 N–H and O–H groups in total. The molecule has 1 saturated carbocycles. The van der Waals surface area contributed by atoms with Gasteiger partial charge in [-0.1, -0.05) is 11.6 Å². The molecule has 1 aromatic heterocycles. The predicted octanol–water partition coefficient (Wildman–Crippen LogP) is 4.20. The van der Waals surface area contributed by atoms with Crippen LogP contribution in [-0.2, 0) is 0 Å². The van der Waals surface area contributed by atoms with E-state index in [1.807, 2.05) is 19.1 Å². The number of benzene rings is 1. The van der Waals surface area contributed by atoms with Crippen LogP contribution in [0.15, 0.2) is 24.5 Å². The number of halogens is 3. The molecule has 2 aromatic rings. The van der Waals surface area contributed by atoms with Crippen LogP contribution in [0.1, 0.15) is 37.7 Å². The zero-order valence-corrected chi connectivity index (χ0v) is 14.2. The van der Waals surface area contributed by atoms with Crippen LogP contribution in [-0.4, -0.2) is 34.8 Å². The zero-order valence-electron chi connectivity index (χ0n) is 14.2. The lowest BCUT2D eigenvalue weighted by Gasteiger charge is -2.30. The second kappa shape index (κ2) is 7.56. The normalized spacial score (nSPS) is 21.4. The van der Waals surface area contributed by atoms with Crippen LogP contribution < -0.4 is 10.6 Å². The number of anilines is 1. The van der Waals surface area contributed by atoms with Crippen molar-refractivity contribution in [2.75, 3.05) is 11.9 Å². The Hall–Kier alpha value is -1.89. The van der Waals surface area contributed by atoms with Gasteiger partial charge in [-0.15, -0.1) is 0 Å². The number of hydrogen-bond acceptors (Lipinski definition) is 4. The second-order valence-electron chi connectivity index (χ2n) is 6.76. The molecule has 7 heteroatoms. The number of rotatable bonds is 5. The van der Waals surface area contributed by atoms with Crippen LogP contribution in [0, 0.1) is 6.92 Å². The van der Waals surface area contributed by atoms with Gasteiger partial charge in [-0.05, 0) is 44.7 Å². The third-order valence-electron chi connectivity index (χ3n) is 4.70. The minimum Gasteiger partial charge on any atom is -0.367 e. The van der Waals surface area contributed by atoms with E-state index in [1.54, 1.807) is 6.33 Å². The first-order chi connectivity index (χ1) is 11.9. The maximum absolute atomic E-state index is 12.2. The highest BCUT2D eigenvalue weighted by molar-refractivity contribution is 5.89. The van der Waals surface area contributed by atoms with Gasteiger partial charge in [-0.2, -0.15) is 13.2 Å². The van der Waals surface area contributed by atoms with Gasteiger partial charge in [0, 0.05) is 24.0 Å². The molecule has 0 amide bonds. The Morgan fingerprint density at radius 2 is 1.80 bits per heavy atom. The third kappa shape index (κ3) is 5.04. The molecular formula is C18H23F3N4. The first-order valence-electron chi connectivity index (χ1n) is 8.69. The molecule has 136 valence electrons. The van der Waals surface area contributed by atoms with Crippen LogP contribution in [0.2, 0.25) is 0 Å². The lowest BCUT2D eigenvalue weighted by molar-refractivity contribution is -0.133. The summed E-state index contributed by atoms with van der Waals surface area (Å²) < 4.78 is 36.6. The summed E-state index contributed by atoms with van der Waals surface area (Å²) in [7, 11) is 0. The quantitative estimate of drug-likeness (QED) is 0.847. The first kappa shape index (κ1) is 17.9. The average Bonchev–Trinajstić information content (AvgIpc) is 2.56. The van der Waals surface area contributed by atoms with Crippen molar-refractivity contribution in [2.24, 2.45) is 0 Å². The van der Waals surface area contributed by atoms with Gasteiger partial charge in [0.2, 0.25) is 0 Å². The van der Waals surface area contributed by atoms with Gasteiger partial charge in [0.05, 0.1) is 11.9 Å². The minimum absolute atomic E-state index is 0.00207. The molecule has 1 aliphatic rings. The lowest BCUT2D eigenvalue weighted by Crippen LogP contribution is -2.38. The van der Waals surface area contributed by atoms with Gasteiger partial charge in [-0.3, -0.25) is 0 Å². The summed E-state index contributed by atoms with van der Waals surface area (Å²) in [4.78, 5) is 8.66. The number of aromatic nitrogens is 2. The van der Waals surface area contributed by atoms with Gasteiger partial charge < -0.3 is 10.6 Å². The highest BCUT2D eigenvalue weighted by Crippen LogP contribution is 2.26. The number of hydrogen-bond donors (Lipinski definition) is 2. The Balaban J connectivity index is 1.54. The van der Waals surface area contributed by atoms with Crippen LogP contribution in [0.5, 0.6) is 0 Å². The molecule has 0 radical (unpaired) electrons. The first-order valence-corrected chi connectivity index (χ1v) is 8.69. The molecule has 0 unspecified atom stereocenters. The number of fused-ring (bicyclic) bond motifs is 1. The SMILES string of the molecule is Cc1ccc2ncnc(N[C@H]3CC[C@H](NCCC(F)(F)F)CC3)c2c1. The number of nitrogens with one attached hydrogen (secondary N) is 2. The summed E-state index contributed by atoms with van der Waals surface area (Å²) >= 11 is 0. The smallest absolute Gasteiger partial charge is 0.367 e. The van der Waals surface area contributed by atoms with E-state index in [0.717, 1.165) is 48.0 Å². The van der Waals surface area contributed by atoms with E-state index < -0.39 is 12.6 Å². The van der Waals surface area contributed by atoms with E-state index in [-0.39, 0.29) is 12.6 Å². The molecule has 3 rings (SSSR count). The topological polar surface area (TPSA) is 49.8 Å².